The number of rotatable bonds is 5. The molecule has 0 spiro atoms. The number of nitrogens with one attached hydrogen (secondary N) is 1. The van der Waals surface area contributed by atoms with Gasteiger partial charge in [0.25, 0.3) is 5.91 Å². The van der Waals surface area contributed by atoms with Crippen LogP contribution in [0.15, 0.2) is 28.7 Å². The number of aryl methyl sites for hydroxylation is 1. The average molecular weight is 449 g/mol. The van der Waals surface area contributed by atoms with Crippen LogP contribution in [0, 0.1) is 6.92 Å². The van der Waals surface area contributed by atoms with Crippen LogP contribution in [0.1, 0.15) is 52.0 Å². The summed E-state index contributed by atoms with van der Waals surface area (Å²) in [4.78, 5) is 28.7. The van der Waals surface area contributed by atoms with Gasteiger partial charge in [-0.25, -0.2) is 9.78 Å². The molecule has 7 nitrogen and oxygen atoms in total. The Morgan fingerprint density at radius 3 is 2.57 bits per heavy atom. The third kappa shape index (κ3) is 4.27. The molecule has 1 aromatic carbocycles. The summed E-state index contributed by atoms with van der Waals surface area (Å²) < 4.78 is 17.0. The number of benzene rings is 1. The van der Waals surface area contributed by atoms with Gasteiger partial charge in [0.15, 0.2) is 11.5 Å². The van der Waals surface area contributed by atoms with Crippen LogP contribution in [0.25, 0.3) is 0 Å². The number of fused-ring (bicyclic) bond motifs is 1. The highest BCUT2D eigenvalue weighted by Gasteiger charge is 2.21. The Kier molecular flexibility index (Phi) is 6.18. The predicted octanol–water partition coefficient (Wildman–Crippen LogP) is 3.59. The van der Waals surface area contributed by atoms with E-state index in [0.29, 0.717) is 36.0 Å². The van der Waals surface area contributed by atoms with Crippen LogP contribution in [0.5, 0.6) is 11.5 Å². The summed E-state index contributed by atoms with van der Waals surface area (Å²) in [6, 6.07) is 6.46. The lowest BCUT2D eigenvalue weighted by Gasteiger charge is -2.22. The molecule has 1 aromatic heterocycles. The van der Waals surface area contributed by atoms with E-state index in [9.17, 15) is 9.59 Å². The van der Waals surface area contributed by atoms with Crippen molar-refractivity contribution < 1.29 is 23.8 Å². The van der Waals surface area contributed by atoms with Crippen molar-refractivity contribution in [1.29, 1.82) is 0 Å². The summed E-state index contributed by atoms with van der Waals surface area (Å²) in [7, 11) is 0. The van der Waals surface area contributed by atoms with E-state index < -0.39 is 5.97 Å². The quantitative estimate of drug-likeness (QED) is 0.703. The summed E-state index contributed by atoms with van der Waals surface area (Å²) in [6.45, 7) is 6.56. The lowest BCUT2D eigenvalue weighted by Crippen LogP contribution is -2.28. The lowest BCUT2D eigenvalue weighted by molar-refractivity contribution is 0.0524. The summed E-state index contributed by atoms with van der Waals surface area (Å²) >= 11 is 3.52. The second-order valence-corrected chi connectivity index (χ2v) is 7.12. The molecule has 0 fully saturated rings. The minimum absolute atomic E-state index is 0.228. The van der Waals surface area contributed by atoms with Crippen LogP contribution < -0.4 is 14.8 Å². The minimum Gasteiger partial charge on any atom is -0.486 e. The molecule has 148 valence electrons. The van der Waals surface area contributed by atoms with E-state index >= 15 is 0 Å². The van der Waals surface area contributed by atoms with Crippen molar-refractivity contribution in [2.75, 3.05) is 19.8 Å². The van der Waals surface area contributed by atoms with E-state index in [0.717, 1.165) is 10.0 Å². The Labute approximate surface area is 171 Å². The lowest BCUT2D eigenvalue weighted by atomic mass is 10.1. The SMILES string of the molecule is CCOC(=O)c1ccc(C(=O)NC(C)c2cc3c(cc2Br)OCCO3)nc1C. The van der Waals surface area contributed by atoms with Gasteiger partial charge in [-0.15, -0.1) is 0 Å². The number of ether oxygens (including phenoxy) is 3. The van der Waals surface area contributed by atoms with Crippen molar-refractivity contribution in [3.05, 3.63) is 51.3 Å². The Bertz CT molecular complexity index is 916. The number of hydrogen-bond acceptors (Lipinski definition) is 6. The smallest absolute Gasteiger partial charge is 0.339 e. The number of carbonyl (C=O) groups excluding carboxylic acids is 2. The van der Waals surface area contributed by atoms with E-state index in [2.05, 4.69) is 26.2 Å². The van der Waals surface area contributed by atoms with Gasteiger partial charge >= 0.3 is 5.97 Å². The molecule has 8 heteroatoms. The van der Waals surface area contributed by atoms with Gasteiger partial charge in [-0.3, -0.25) is 4.79 Å². The molecule has 3 rings (SSSR count). The molecule has 1 atom stereocenters. The van der Waals surface area contributed by atoms with Gasteiger partial charge < -0.3 is 19.5 Å². The van der Waals surface area contributed by atoms with Crippen LogP contribution in [0.3, 0.4) is 0 Å². The molecule has 1 unspecified atom stereocenters. The zero-order chi connectivity index (χ0) is 20.3. The number of nitrogens with zero attached hydrogens (tertiary/aromatic N) is 1. The Morgan fingerprint density at radius 1 is 1.25 bits per heavy atom. The average Bonchev–Trinajstić information content (AvgIpc) is 2.67. The molecule has 1 aliphatic rings. The van der Waals surface area contributed by atoms with Gasteiger partial charge in [-0.05, 0) is 50.6 Å². The molecule has 0 bridgehead atoms. The molecule has 1 N–H and O–H groups in total. The number of esters is 1. The highest BCUT2D eigenvalue weighted by molar-refractivity contribution is 9.10. The maximum absolute atomic E-state index is 12.6. The predicted molar refractivity (Wildman–Crippen MR) is 106 cm³/mol. The normalized spacial score (nSPS) is 13.6. The number of aromatic nitrogens is 1. The van der Waals surface area contributed by atoms with Crippen LogP contribution in [-0.4, -0.2) is 36.7 Å². The topological polar surface area (TPSA) is 86.8 Å². The molecular weight excluding hydrogens is 428 g/mol. The van der Waals surface area contributed by atoms with Crippen molar-refractivity contribution in [2.24, 2.45) is 0 Å². The molecule has 0 radical (unpaired) electrons. The molecule has 2 aromatic rings. The van der Waals surface area contributed by atoms with Crippen molar-refractivity contribution >= 4 is 27.8 Å². The van der Waals surface area contributed by atoms with Crippen molar-refractivity contribution in [1.82, 2.24) is 10.3 Å². The number of pyridine rings is 1. The first-order chi connectivity index (χ1) is 13.4. The second-order valence-electron chi connectivity index (χ2n) is 6.26. The number of carbonyl (C=O) groups is 2. The molecule has 0 saturated carbocycles. The van der Waals surface area contributed by atoms with E-state index in [1.165, 1.54) is 6.07 Å². The van der Waals surface area contributed by atoms with Crippen molar-refractivity contribution in [3.63, 3.8) is 0 Å². The fourth-order valence-electron chi connectivity index (χ4n) is 2.87. The highest BCUT2D eigenvalue weighted by atomic mass is 79.9. The fourth-order valence-corrected chi connectivity index (χ4v) is 3.54. The summed E-state index contributed by atoms with van der Waals surface area (Å²) in [5.74, 6) is 0.534. The van der Waals surface area contributed by atoms with Gasteiger partial charge in [-0.2, -0.15) is 0 Å². The summed E-state index contributed by atoms with van der Waals surface area (Å²) in [5, 5.41) is 2.92. The first-order valence-electron chi connectivity index (χ1n) is 8.95. The molecule has 1 aliphatic heterocycles. The van der Waals surface area contributed by atoms with Gasteiger partial charge in [0.2, 0.25) is 0 Å². The first-order valence-corrected chi connectivity index (χ1v) is 9.74. The molecule has 0 saturated heterocycles. The van der Waals surface area contributed by atoms with E-state index in [-0.39, 0.29) is 24.2 Å². The molecule has 2 heterocycles. The van der Waals surface area contributed by atoms with Gasteiger partial charge in [0, 0.05) is 4.47 Å². The number of hydrogen-bond donors (Lipinski definition) is 1. The zero-order valence-electron chi connectivity index (χ0n) is 15.9. The monoisotopic (exact) mass is 448 g/mol. The Morgan fingerprint density at radius 2 is 1.93 bits per heavy atom. The molecular formula is C20H21BrN2O5. The first kappa shape index (κ1) is 20.1. The highest BCUT2D eigenvalue weighted by Crippen LogP contribution is 2.37. The van der Waals surface area contributed by atoms with E-state index in [4.69, 9.17) is 14.2 Å². The molecule has 28 heavy (non-hydrogen) atoms. The third-order valence-corrected chi connectivity index (χ3v) is 4.98. The Balaban J connectivity index is 1.76. The third-order valence-electron chi connectivity index (χ3n) is 4.29. The van der Waals surface area contributed by atoms with E-state index in [1.807, 2.05) is 19.1 Å². The minimum atomic E-state index is -0.451. The van der Waals surface area contributed by atoms with Crippen LogP contribution in [-0.2, 0) is 4.74 Å². The van der Waals surface area contributed by atoms with Crippen molar-refractivity contribution in [3.8, 4) is 11.5 Å². The maximum Gasteiger partial charge on any atom is 0.339 e. The summed E-state index contributed by atoms with van der Waals surface area (Å²) in [6.07, 6.45) is 0. The van der Waals surface area contributed by atoms with Crippen LogP contribution in [0.4, 0.5) is 0 Å². The zero-order valence-corrected chi connectivity index (χ0v) is 17.5. The van der Waals surface area contributed by atoms with Gasteiger partial charge in [0.1, 0.15) is 18.9 Å². The fraction of sp³-hybridized carbons (Fsp3) is 0.350. The Hall–Kier alpha value is -2.61. The molecule has 0 aliphatic carbocycles. The molecule has 1 amide bonds. The van der Waals surface area contributed by atoms with Crippen LogP contribution >= 0.6 is 15.9 Å². The van der Waals surface area contributed by atoms with Crippen molar-refractivity contribution in [2.45, 2.75) is 26.8 Å². The second kappa shape index (κ2) is 8.60. The summed E-state index contributed by atoms with van der Waals surface area (Å²) in [5.41, 5.74) is 1.88. The standard InChI is InChI=1S/C20H21BrN2O5/c1-4-26-20(25)13-5-6-16(22-11(13)2)19(24)23-12(3)14-9-17-18(10-15(14)21)28-8-7-27-17/h5-6,9-10,12H,4,7-8H2,1-3H3,(H,23,24). The van der Waals surface area contributed by atoms with Crippen LogP contribution in [0.2, 0.25) is 0 Å². The van der Waals surface area contributed by atoms with Gasteiger partial charge in [-0.1, -0.05) is 15.9 Å². The van der Waals surface area contributed by atoms with E-state index in [1.54, 1.807) is 19.9 Å². The number of halogens is 1. The number of amides is 1. The maximum atomic E-state index is 12.6. The van der Waals surface area contributed by atoms with Gasteiger partial charge in [0.05, 0.1) is 23.9 Å². The largest absolute Gasteiger partial charge is 0.486 e.